The van der Waals surface area contributed by atoms with Crippen molar-refractivity contribution in [1.29, 1.82) is 0 Å². The summed E-state index contributed by atoms with van der Waals surface area (Å²) in [6.07, 6.45) is 0.901. The molecule has 0 spiro atoms. The number of benzene rings is 3. The van der Waals surface area contributed by atoms with Crippen LogP contribution in [0.3, 0.4) is 0 Å². The molecule has 9 heteroatoms. The number of hydrogen-bond donors (Lipinski definition) is 2. The van der Waals surface area contributed by atoms with Gasteiger partial charge in [0.2, 0.25) is 0 Å². The Morgan fingerprint density at radius 1 is 0.949 bits per heavy atom. The van der Waals surface area contributed by atoms with Crippen molar-refractivity contribution < 1.29 is 19.5 Å². The first-order valence-corrected chi connectivity index (χ1v) is 13.2. The molecule has 1 aliphatic rings. The molecule has 5 rings (SSSR count). The van der Waals surface area contributed by atoms with Crippen LogP contribution in [0.1, 0.15) is 44.0 Å². The van der Waals surface area contributed by atoms with Crippen LogP contribution in [-0.4, -0.2) is 38.5 Å². The van der Waals surface area contributed by atoms with Crippen LogP contribution < -0.4 is 5.73 Å². The highest BCUT2D eigenvalue weighted by Gasteiger charge is 2.30. The molecular weight excluding hydrogens is 537 g/mol. The van der Waals surface area contributed by atoms with E-state index in [1.54, 1.807) is 53.2 Å². The molecule has 1 unspecified atom stereocenters. The highest BCUT2D eigenvalue weighted by Crippen LogP contribution is 2.32. The van der Waals surface area contributed by atoms with E-state index in [1.165, 1.54) is 11.1 Å². The molecule has 4 aromatic rings. The Morgan fingerprint density at radius 3 is 2.15 bits per heavy atom. The molecule has 1 heterocycles. The molecule has 0 amide bonds. The molecular formula is C30H25Cl2N3O4. The van der Waals surface area contributed by atoms with Gasteiger partial charge in [-0.05, 0) is 53.8 Å². The number of carbonyl (C=O) groups is 3. The molecule has 3 aromatic carbocycles. The molecule has 3 N–H and O–H groups in total. The lowest BCUT2D eigenvalue weighted by molar-refractivity contribution is -0.137. The molecule has 0 saturated heterocycles. The summed E-state index contributed by atoms with van der Waals surface area (Å²) >= 11 is 12.5. The summed E-state index contributed by atoms with van der Waals surface area (Å²) in [6.45, 7) is 0.282. The quantitative estimate of drug-likeness (QED) is 0.261. The molecule has 39 heavy (non-hydrogen) atoms. The van der Waals surface area contributed by atoms with E-state index >= 15 is 0 Å². The molecule has 0 bridgehead atoms. The van der Waals surface area contributed by atoms with Gasteiger partial charge in [0.1, 0.15) is 5.69 Å². The highest BCUT2D eigenvalue weighted by atomic mass is 35.5. The van der Waals surface area contributed by atoms with Gasteiger partial charge in [-0.2, -0.15) is 5.10 Å². The minimum Gasteiger partial charge on any atom is -0.481 e. The van der Waals surface area contributed by atoms with Gasteiger partial charge in [-0.15, -0.1) is 0 Å². The zero-order valence-electron chi connectivity index (χ0n) is 20.8. The standard InChI is InChI=1S/C30H25Cl2N3O4/c31-23-11-21(12-24(32)13-23)26-15-27(30(39)22-9-19-3-1-2-4-20(19)10-22)35(34-26)16-17-5-7-18(8-6-17)29(38)25(33)14-28(36)37/h1-8,11-13,15,22,25H,9-10,14,16,33H2,(H,36,37). The van der Waals surface area contributed by atoms with Crippen molar-refractivity contribution in [3.05, 3.63) is 111 Å². The van der Waals surface area contributed by atoms with Crippen LogP contribution in [0.2, 0.25) is 10.0 Å². The molecule has 7 nitrogen and oxygen atoms in total. The van der Waals surface area contributed by atoms with Crippen molar-refractivity contribution in [2.75, 3.05) is 0 Å². The van der Waals surface area contributed by atoms with Crippen LogP contribution >= 0.6 is 23.2 Å². The Morgan fingerprint density at radius 2 is 1.56 bits per heavy atom. The molecule has 0 radical (unpaired) electrons. The maximum absolute atomic E-state index is 13.8. The maximum atomic E-state index is 13.8. The summed E-state index contributed by atoms with van der Waals surface area (Å²) < 4.78 is 1.67. The van der Waals surface area contributed by atoms with Gasteiger partial charge < -0.3 is 10.8 Å². The highest BCUT2D eigenvalue weighted by molar-refractivity contribution is 6.35. The van der Waals surface area contributed by atoms with Gasteiger partial charge in [0.05, 0.1) is 24.7 Å². The third-order valence-corrected chi connectivity index (χ3v) is 7.35. The summed E-state index contributed by atoms with van der Waals surface area (Å²) in [4.78, 5) is 37.2. The Labute approximate surface area is 235 Å². The lowest BCUT2D eigenvalue weighted by Crippen LogP contribution is -2.32. The minimum absolute atomic E-state index is 0.00418. The number of ketones is 2. The van der Waals surface area contributed by atoms with E-state index in [4.69, 9.17) is 39.1 Å². The van der Waals surface area contributed by atoms with Crippen molar-refractivity contribution >= 4 is 40.7 Å². The number of rotatable bonds is 9. The van der Waals surface area contributed by atoms with Crippen LogP contribution in [0.25, 0.3) is 11.3 Å². The fourth-order valence-electron chi connectivity index (χ4n) is 4.97. The predicted molar refractivity (Wildman–Crippen MR) is 149 cm³/mol. The number of carboxylic acid groups (broad SMARTS) is 1. The molecule has 0 aliphatic heterocycles. The smallest absolute Gasteiger partial charge is 0.305 e. The Kier molecular flexibility index (Phi) is 7.66. The summed E-state index contributed by atoms with van der Waals surface area (Å²) in [5, 5.41) is 14.6. The number of carboxylic acids is 1. The topological polar surface area (TPSA) is 115 Å². The molecule has 198 valence electrons. The maximum Gasteiger partial charge on any atom is 0.305 e. The van der Waals surface area contributed by atoms with Crippen LogP contribution in [0.4, 0.5) is 0 Å². The first-order valence-electron chi connectivity index (χ1n) is 12.4. The average Bonchev–Trinajstić information content (AvgIpc) is 3.52. The predicted octanol–water partition coefficient (Wildman–Crippen LogP) is 5.49. The minimum atomic E-state index is -1.13. The number of halogens is 2. The number of aromatic nitrogens is 2. The number of aliphatic carboxylic acids is 1. The number of nitrogens with two attached hydrogens (primary N) is 1. The molecule has 1 aromatic heterocycles. The van der Waals surface area contributed by atoms with Crippen LogP contribution in [0, 0.1) is 5.92 Å². The van der Waals surface area contributed by atoms with Gasteiger partial charge in [-0.1, -0.05) is 71.7 Å². The zero-order valence-corrected chi connectivity index (χ0v) is 22.3. The van der Waals surface area contributed by atoms with Gasteiger partial charge in [0.25, 0.3) is 0 Å². The Hall–Kier alpha value is -3.78. The van der Waals surface area contributed by atoms with E-state index in [0.717, 1.165) is 5.56 Å². The fourth-order valence-corrected chi connectivity index (χ4v) is 5.50. The Balaban J connectivity index is 1.44. The Bertz CT molecular complexity index is 1530. The number of hydrogen-bond acceptors (Lipinski definition) is 5. The lowest BCUT2D eigenvalue weighted by Gasteiger charge is -2.12. The van der Waals surface area contributed by atoms with E-state index in [0.29, 0.717) is 45.4 Å². The molecule has 0 saturated carbocycles. The summed E-state index contributed by atoms with van der Waals surface area (Å²) in [7, 11) is 0. The van der Waals surface area contributed by atoms with Crippen molar-refractivity contribution in [3.63, 3.8) is 0 Å². The summed E-state index contributed by atoms with van der Waals surface area (Å²) in [5.41, 5.74) is 11.0. The number of carbonyl (C=O) groups excluding carboxylic acids is 2. The summed E-state index contributed by atoms with van der Waals surface area (Å²) in [5.74, 6) is -1.76. The normalized spacial score (nSPS) is 13.7. The molecule has 0 fully saturated rings. The van der Waals surface area contributed by atoms with Crippen LogP contribution in [0.15, 0.2) is 72.8 Å². The van der Waals surface area contributed by atoms with Crippen LogP contribution in [-0.2, 0) is 24.2 Å². The van der Waals surface area contributed by atoms with Gasteiger partial charge in [-0.25, -0.2) is 0 Å². The SMILES string of the molecule is NC(CC(=O)O)C(=O)c1ccc(Cn2nc(-c3cc(Cl)cc(Cl)c3)cc2C(=O)C2Cc3ccccc3C2)cc1. The molecule has 1 atom stereocenters. The second kappa shape index (κ2) is 11.1. The number of nitrogens with zero attached hydrogens (tertiary/aromatic N) is 2. The van der Waals surface area contributed by atoms with Gasteiger partial charge >= 0.3 is 5.97 Å². The third-order valence-electron chi connectivity index (χ3n) is 6.91. The fraction of sp³-hybridized carbons (Fsp3) is 0.200. The van der Waals surface area contributed by atoms with Gasteiger partial charge in [0.15, 0.2) is 11.6 Å². The van der Waals surface area contributed by atoms with Gasteiger partial charge in [-0.3, -0.25) is 19.1 Å². The lowest BCUT2D eigenvalue weighted by atomic mass is 9.97. The monoisotopic (exact) mass is 561 g/mol. The van der Waals surface area contributed by atoms with E-state index < -0.39 is 24.2 Å². The van der Waals surface area contributed by atoms with E-state index in [9.17, 15) is 14.4 Å². The average molecular weight is 562 g/mol. The van der Waals surface area contributed by atoms with Crippen molar-refractivity contribution in [3.8, 4) is 11.3 Å². The van der Waals surface area contributed by atoms with E-state index in [2.05, 4.69) is 12.1 Å². The van der Waals surface area contributed by atoms with E-state index in [1.807, 2.05) is 12.1 Å². The number of Topliss-reactive ketones (excluding diaryl/α,β-unsaturated/α-hetero) is 2. The van der Waals surface area contributed by atoms with E-state index in [-0.39, 0.29) is 18.2 Å². The zero-order chi connectivity index (χ0) is 27.7. The second-order valence-corrected chi connectivity index (χ2v) is 10.6. The van der Waals surface area contributed by atoms with Crippen molar-refractivity contribution in [2.24, 2.45) is 11.7 Å². The summed E-state index contributed by atoms with van der Waals surface area (Å²) in [6, 6.07) is 20.6. The first-order chi connectivity index (χ1) is 18.7. The van der Waals surface area contributed by atoms with Crippen molar-refractivity contribution in [1.82, 2.24) is 9.78 Å². The van der Waals surface area contributed by atoms with Crippen LogP contribution in [0.5, 0.6) is 0 Å². The second-order valence-electron chi connectivity index (χ2n) is 9.73. The molecule has 1 aliphatic carbocycles. The number of fused-ring (bicyclic) bond motifs is 1. The third kappa shape index (κ3) is 5.96. The van der Waals surface area contributed by atoms with Gasteiger partial charge in [0, 0.05) is 27.1 Å². The first kappa shape index (κ1) is 26.8. The largest absolute Gasteiger partial charge is 0.481 e. The van der Waals surface area contributed by atoms with Crippen molar-refractivity contribution in [2.45, 2.75) is 31.8 Å².